The van der Waals surface area contributed by atoms with Gasteiger partial charge in [-0.25, -0.2) is 0 Å². The molecule has 1 heterocycles. The molecule has 0 radical (unpaired) electrons. The third-order valence-electron chi connectivity index (χ3n) is 7.01. The lowest BCUT2D eigenvalue weighted by molar-refractivity contribution is 0.526. The molecule has 2 N–H and O–H groups in total. The Labute approximate surface area is 213 Å². The maximum Gasteiger partial charge on any atom is 0.0511 e. The summed E-state index contributed by atoms with van der Waals surface area (Å²) in [5.74, 6) is 0.454. The van der Waals surface area contributed by atoms with Crippen molar-refractivity contribution in [3.8, 4) is 0 Å². The van der Waals surface area contributed by atoms with E-state index in [1.165, 1.54) is 40.7 Å². The highest BCUT2D eigenvalue weighted by atomic mass is 14.9. The number of unbranched alkanes of at least 4 members (excludes halogenated alkanes) is 1. The van der Waals surface area contributed by atoms with Crippen molar-refractivity contribution in [3.05, 3.63) is 114 Å². The first-order valence-corrected chi connectivity index (χ1v) is 13.0. The predicted molar refractivity (Wildman–Crippen MR) is 155 cm³/mol. The van der Waals surface area contributed by atoms with Crippen molar-refractivity contribution in [2.75, 3.05) is 5.32 Å². The van der Waals surface area contributed by atoms with Gasteiger partial charge in [0.25, 0.3) is 0 Å². The van der Waals surface area contributed by atoms with Crippen molar-refractivity contribution in [1.29, 1.82) is 0 Å². The van der Waals surface area contributed by atoms with Crippen molar-refractivity contribution in [3.63, 3.8) is 0 Å². The summed E-state index contributed by atoms with van der Waals surface area (Å²) in [6.45, 7) is 24.2. The molecule has 2 unspecified atom stereocenters. The molecule has 0 aliphatic carbocycles. The normalized spacial score (nSPS) is 14.3. The van der Waals surface area contributed by atoms with Crippen LogP contribution in [0.2, 0.25) is 0 Å². The van der Waals surface area contributed by atoms with Gasteiger partial charge in [0.1, 0.15) is 0 Å². The molecule has 2 nitrogen and oxygen atoms in total. The van der Waals surface area contributed by atoms with E-state index in [-0.39, 0.29) is 6.04 Å². The maximum absolute atomic E-state index is 4.60. The first-order valence-electron chi connectivity index (χ1n) is 13.0. The number of rotatable bonds is 13. The molecule has 0 saturated carbocycles. The van der Waals surface area contributed by atoms with Gasteiger partial charge in [-0.15, -0.1) is 0 Å². The zero-order valence-electron chi connectivity index (χ0n) is 21.9. The highest BCUT2D eigenvalue weighted by Gasteiger charge is 2.23. The first-order chi connectivity index (χ1) is 16.8. The molecule has 184 valence electrons. The van der Waals surface area contributed by atoms with Gasteiger partial charge < -0.3 is 10.6 Å². The van der Waals surface area contributed by atoms with Gasteiger partial charge in [-0.05, 0) is 68.2 Å². The van der Waals surface area contributed by atoms with Crippen LogP contribution in [0.4, 0.5) is 5.69 Å². The Morgan fingerprint density at radius 1 is 0.971 bits per heavy atom. The molecule has 0 saturated heterocycles. The molecule has 0 aromatic heterocycles. The zero-order valence-corrected chi connectivity index (χ0v) is 21.9. The van der Waals surface area contributed by atoms with E-state index < -0.39 is 0 Å². The molecule has 35 heavy (non-hydrogen) atoms. The van der Waals surface area contributed by atoms with E-state index in [0.717, 1.165) is 48.3 Å². The van der Waals surface area contributed by atoms with Crippen molar-refractivity contribution in [1.82, 2.24) is 5.32 Å². The molecule has 1 aliphatic rings. The number of para-hydroxylation sites is 1. The van der Waals surface area contributed by atoms with Crippen LogP contribution < -0.4 is 10.6 Å². The molecule has 2 atom stereocenters. The topological polar surface area (TPSA) is 24.1 Å². The monoisotopic (exact) mass is 466 g/mol. The van der Waals surface area contributed by atoms with Gasteiger partial charge in [0.2, 0.25) is 0 Å². The summed E-state index contributed by atoms with van der Waals surface area (Å²) in [6.07, 6.45) is 8.50. The molecule has 0 bridgehead atoms. The Morgan fingerprint density at radius 3 is 2.37 bits per heavy atom. The standard InChI is InChI=1S/C33H42N2/c1-8-10-13-24(4)28(9-2)20-25(5)33(35-27(7)29-18-16-23(3)17-19-29)22-30-21-26(6)34-32-15-12-11-14-31(30)32/h11-12,14-19,21,28,33-35H,4-10,13,20,22H2,1-3H3. The van der Waals surface area contributed by atoms with Gasteiger partial charge in [0.05, 0.1) is 6.04 Å². The summed E-state index contributed by atoms with van der Waals surface area (Å²) in [7, 11) is 0. The quantitative estimate of drug-likeness (QED) is 0.288. The second-order valence-corrected chi connectivity index (χ2v) is 9.84. The Balaban J connectivity index is 1.85. The Bertz CT molecular complexity index is 1100. The minimum atomic E-state index is 0.0574. The van der Waals surface area contributed by atoms with E-state index in [1.54, 1.807) is 0 Å². The number of hydrogen-bond acceptors (Lipinski definition) is 2. The summed E-state index contributed by atoms with van der Waals surface area (Å²) in [5.41, 5.74) is 10.3. The fraction of sp³-hybridized carbons (Fsp3) is 0.333. The number of nitrogens with one attached hydrogen (secondary N) is 2. The number of allylic oxidation sites excluding steroid dienone is 2. The van der Waals surface area contributed by atoms with Crippen LogP contribution in [0.15, 0.2) is 97.8 Å². The number of fused-ring (bicyclic) bond motifs is 1. The van der Waals surface area contributed by atoms with Crippen LogP contribution in [0.5, 0.6) is 0 Å². The number of benzene rings is 2. The summed E-state index contributed by atoms with van der Waals surface area (Å²) >= 11 is 0. The SMILES string of the molecule is C=C1C=C(CC(NC(=C)c2ccc(C)cc2)C(=C)CC(CC)C(=C)CCCC)c2ccccc2N1. The molecular weight excluding hydrogens is 424 g/mol. The predicted octanol–water partition coefficient (Wildman–Crippen LogP) is 9.06. The lowest BCUT2D eigenvalue weighted by Crippen LogP contribution is -2.31. The van der Waals surface area contributed by atoms with E-state index in [0.29, 0.717) is 5.92 Å². The number of hydrogen-bond donors (Lipinski definition) is 2. The molecule has 2 aromatic rings. The molecule has 2 heteroatoms. The average molecular weight is 467 g/mol. The third kappa shape index (κ3) is 7.11. The summed E-state index contributed by atoms with van der Waals surface area (Å²) in [4.78, 5) is 0. The first kappa shape index (κ1) is 26.3. The van der Waals surface area contributed by atoms with Crippen LogP contribution >= 0.6 is 0 Å². The Hall–Kier alpha value is -3.26. The minimum Gasteiger partial charge on any atom is -0.378 e. The van der Waals surface area contributed by atoms with Crippen LogP contribution in [-0.4, -0.2) is 6.04 Å². The van der Waals surface area contributed by atoms with Crippen LogP contribution in [0, 0.1) is 12.8 Å². The fourth-order valence-corrected chi connectivity index (χ4v) is 4.75. The van der Waals surface area contributed by atoms with Gasteiger partial charge >= 0.3 is 0 Å². The maximum atomic E-state index is 4.60. The second-order valence-electron chi connectivity index (χ2n) is 9.84. The largest absolute Gasteiger partial charge is 0.378 e. The molecule has 0 fully saturated rings. The van der Waals surface area contributed by atoms with E-state index >= 15 is 0 Å². The number of anilines is 1. The molecule has 3 rings (SSSR count). The van der Waals surface area contributed by atoms with Gasteiger partial charge in [-0.2, -0.15) is 0 Å². The highest BCUT2D eigenvalue weighted by molar-refractivity contribution is 5.83. The smallest absolute Gasteiger partial charge is 0.0511 e. The lowest BCUT2D eigenvalue weighted by atomic mass is 9.83. The third-order valence-corrected chi connectivity index (χ3v) is 7.01. The minimum absolute atomic E-state index is 0.0574. The highest BCUT2D eigenvalue weighted by Crippen LogP contribution is 2.36. The van der Waals surface area contributed by atoms with Crippen LogP contribution in [0.25, 0.3) is 11.3 Å². The molecule has 1 aliphatic heterocycles. The Kier molecular flexibility index (Phi) is 9.37. The molecule has 0 spiro atoms. The van der Waals surface area contributed by atoms with Gasteiger partial charge in [0, 0.05) is 22.6 Å². The number of aryl methyl sites for hydroxylation is 1. The summed E-state index contributed by atoms with van der Waals surface area (Å²) in [6, 6.07) is 17.0. The molecule has 0 amide bonds. The van der Waals surface area contributed by atoms with Crippen LogP contribution in [-0.2, 0) is 0 Å². The van der Waals surface area contributed by atoms with Crippen LogP contribution in [0.3, 0.4) is 0 Å². The lowest BCUT2D eigenvalue weighted by Gasteiger charge is -2.30. The second kappa shape index (κ2) is 12.4. The van der Waals surface area contributed by atoms with E-state index in [2.05, 4.69) is 112 Å². The zero-order chi connectivity index (χ0) is 25.4. The van der Waals surface area contributed by atoms with E-state index in [9.17, 15) is 0 Å². The Morgan fingerprint density at radius 2 is 1.69 bits per heavy atom. The fourth-order valence-electron chi connectivity index (χ4n) is 4.75. The van der Waals surface area contributed by atoms with Crippen molar-refractivity contribution in [2.24, 2.45) is 5.92 Å². The van der Waals surface area contributed by atoms with Gasteiger partial charge in [-0.1, -0.05) is 106 Å². The van der Waals surface area contributed by atoms with Gasteiger partial charge in [-0.3, -0.25) is 0 Å². The molecular formula is C33H42N2. The molecule has 2 aromatic carbocycles. The van der Waals surface area contributed by atoms with Gasteiger partial charge in [0.15, 0.2) is 0 Å². The summed E-state index contributed by atoms with van der Waals surface area (Å²) in [5, 5.41) is 7.14. The average Bonchev–Trinajstić information content (AvgIpc) is 2.85. The summed E-state index contributed by atoms with van der Waals surface area (Å²) < 4.78 is 0. The van der Waals surface area contributed by atoms with Crippen LogP contribution in [0.1, 0.15) is 69.1 Å². The van der Waals surface area contributed by atoms with Crippen molar-refractivity contribution >= 4 is 17.0 Å². The van der Waals surface area contributed by atoms with E-state index in [1.807, 2.05) is 0 Å². The van der Waals surface area contributed by atoms with E-state index in [4.69, 9.17) is 0 Å². The van der Waals surface area contributed by atoms with Crippen molar-refractivity contribution < 1.29 is 0 Å². The van der Waals surface area contributed by atoms with Crippen molar-refractivity contribution in [2.45, 2.75) is 65.3 Å².